The molecule has 0 bridgehead atoms. The molecule has 3 amide bonds. The highest BCUT2D eigenvalue weighted by molar-refractivity contribution is 5.97. The maximum atomic E-state index is 11.6. The number of carbonyl (C=O) groups excluding carboxylic acids is 2. The van der Waals surface area contributed by atoms with Gasteiger partial charge in [-0.15, -0.1) is 0 Å². The largest absolute Gasteiger partial charge is 0.493 e. The Labute approximate surface area is 122 Å². The van der Waals surface area contributed by atoms with Crippen molar-refractivity contribution in [3.63, 3.8) is 0 Å². The topological polar surface area (TPSA) is 112 Å². The number of imide groups is 1. The molecular formula is C13H19N3O5. The summed E-state index contributed by atoms with van der Waals surface area (Å²) in [6.45, 7) is 1.58. The lowest BCUT2D eigenvalue weighted by Gasteiger charge is -2.17. The van der Waals surface area contributed by atoms with Crippen molar-refractivity contribution in [2.45, 2.75) is 13.0 Å². The second-order valence-electron chi connectivity index (χ2n) is 4.13. The lowest BCUT2D eigenvalue weighted by Crippen LogP contribution is -2.43. The third kappa shape index (κ3) is 4.16. The van der Waals surface area contributed by atoms with Crippen molar-refractivity contribution in [2.24, 2.45) is 5.73 Å². The molecule has 0 aromatic heterocycles. The zero-order valence-electron chi connectivity index (χ0n) is 12.4. The maximum absolute atomic E-state index is 11.6. The predicted octanol–water partition coefficient (Wildman–Crippen LogP) is 0.708. The molecule has 0 heterocycles. The lowest BCUT2D eigenvalue weighted by molar-refractivity contribution is -0.120. The number of urea groups is 1. The van der Waals surface area contributed by atoms with Crippen LogP contribution in [0.15, 0.2) is 12.1 Å². The summed E-state index contributed by atoms with van der Waals surface area (Å²) in [7, 11) is 4.48. The van der Waals surface area contributed by atoms with Crippen molar-refractivity contribution >= 4 is 17.6 Å². The minimum atomic E-state index is -0.904. The molecule has 1 aromatic carbocycles. The average Bonchev–Trinajstić information content (AvgIpc) is 2.45. The standard InChI is InChI=1S/C13H19N3O5/c1-7(12(17)16-13(14)18)15-8-5-9(19-2)11(21-4)10(6-8)20-3/h5-7,15H,1-4H3,(H3,14,16,17,18). The first-order chi connectivity index (χ1) is 9.92. The van der Waals surface area contributed by atoms with Crippen LogP contribution in [-0.4, -0.2) is 39.3 Å². The highest BCUT2D eigenvalue weighted by Gasteiger charge is 2.17. The number of amides is 3. The summed E-state index contributed by atoms with van der Waals surface area (Å²) >= 11 is 0. The van der Waals surface area contributed by atoms with Gasteiger partial charge in [0, 0.05) is 17.8 Å². The SMILES string of the molecule is COc1cc(NC(C)C(=O)NC(N)=O)cc(OC)c1OC. The molecule has 0 fully saturated rings. The number of ether oxygens (including phenoxy) is 3. The molecule has 116 valence electrons. The van der Waals surface area contributed by atoms with Crippen LogP contribution in [0.4, 0.5) is 10.5 Å². The number of nitrogens with two attached hydrogens (primary N) is 1. The first-order valence-corrected chi connectivity index (χ1v) is 6.09. The number of rotatable bonds is 6. The first kappa shape index (κ1) is 16.4. The highest BCUT2D eigenvalue weighted by atomic mass is 16.5. The normalized spacial score (nSPS) is 11.2. The van der Waals surface area contributed by atoms with Crippen molar-refractivity contribution in [2.75, 3.05) is 26.6 Å². The Kier molecular flexibility index (Phi) is 5.65. The average molecular weight is 297 g/mol. The second-order valence-corrected chi connectivity index (χ2v) is 4.13. The Bertz CT molecular complexity index is 508. The fourth-order valence-corrected chi connectivity index (χ4v) is 1.71. The van der Waals surface area contributed by atoms with E-state index in [4.69, 9.17) is 19.9 Å². The van der Waals surface area contributed by atoms with Crippen LogP contribution in [0.2, 0.25) is 0 Å². The van der Waals surface area contributed by atoms with Gasteiger partial charge in [0.05, 0.1) is 21.3 Å². The Morgan fingerprint density at radius 1 is 1.10 bits per heavy atom. The van der Waals surface area contributed by atoms with Gasteiger partial charge in [0.2, 0.25) is 11.7 Å². The summed E-state index contributed by atoms with van der Waals surface area (Å²) in [6.07, 6.45) is 0. The molecule has 1 aromatic rings. The van der Waals surface area contributed by atoms with E-state index in [2.05, 4.69) is 5.32 Å². The number of carbonyl (C=O) groups is 2. The molecule has 0 aliphatic heterocycles. The van der Waals surface area contributed by atoms with E-state index in [1.807, 2.05) is 5.32 Å². The van der Waals surface area contributed by atoms with E-state index in [9.17, 15) is 9.59 Å². The Hall–Kier alpha value is -2.64. The van der Waals surface area contributed by atoms with Gasteiger partial charge in [0.25, 0.3) is 0 Å². The fraction of sp³-hybridized carbons (Fsp3) is 0.385. The monoisotopic (exact) mass is 297 g/mol. The van der Waals surface area contributed by atoms with Crippen molar-refractivity contribution in [1.29, 1.82) is 0 Å². The molecule has 0 aliphatic rings. The van der Waals surface area contributed by atoms with Crippen molar-refractivity contribution < 1.29 is 23.8 Å². The number of benzene rings is 1. The summed E-state index contributed by atoms with van der Waals surface area (Å²) in [4.78, 5) is 22.3. The molecule has 8 heteroatoms. The van der Waals surface area contributed by atoms with Crippen LogP contribution < -0.4 is 30.6 Å². The summed E-state index contributed by atoms with van der Waals surface area (Å²) in [5.74, 6) is 0.791. The van der Waals surface area contributed by atoms with Gasteiger partial charge >= 0.3 is 6.03 Å². The molecule has 1 unspecified atom stereocenters. The molecule has 1 atom stereocenters. The van der Waals surface area contributed by atoms with Crippen molar-refractivity contribution in [3.05, 3.63) is 12.1 Å². The number of methoxy groups -OCH3 is 3. The summed E-state index contributed by atoms with van der Waals surface area (Å²) < 4.78 is 15.6. The summed E-state index contributed by atoms with van der Waals surface area (Å²) in [5, 5.41) is 4.91. The predicted molar refractivity (Wildman–Crippen MR) is 76.9 cm³/mol. The van der Waals surface area contributed by atoms with Crippen LogP contribution in [0.5, 0.6) is 17.2 Å². The van der Waals surface area contributed by atoms with Crippen LogP contribution in [-0.2, 0) is 4.79 Å². The lowest BCUT2D eigenvalue weighted by atomic mass is 10.2. The van der Waals surface area contributed by atoms with Gasteiger partial charge in [-0.2, -0.15) is 0 Å². The molecule has 0 saturated carbocycles. The minimum absolute atomic E-state index is 0.444. The third-order valence-corrected chi connectivity index (χ3v) is 2.69. The van der Waals surface area contributed by atoms with Crippen molar-refractivity contribution in [1.82, 2.24) is 5.32 Å². The Morgan fingerprint density at radius 3 is 2.00 bits per heavy atom. The molecule has 0 saturated heterocycles. The van der Waals surface area contributed by atoms with Gasteiger partial charge in [-0.3, -0.25) is 10.1 Å². The molecule has 1 rings (SSSR count). The Morgan fingerprint density at radius 2 is 1.62 bits per heavy atom. The smallest absolute Gasteiger partial charge is 0.318 e. The van der Waals surface area contributed by atoms with E-state index in [0.717, 1.165) is 0 Å². The number of hydrogen-bond acceptors (Lipinski definition) is 6. The van der Waals surface area contributed by atoms with E-state index < -0.39 is 18.0 Å². The molecule has 0 aliphatic carbocycles. The summed E-state index contributed by atoms with van der Waals surface area (Å²) in [6, 6.07) is 1.71. The van der Waals surface area contributed by atoms with Crippen LogP contribution in [0.25, 0.3) is 0 Å². The number of nitrogens with one attached hydrogen (secondary N) is 2. The molecule has 0 radical (unpaired) electrons. The van der Waals surface area contributed by atoms with Gasteiger partial charge < -0.3 is 25.3 Å². The first-order valence-electron chi connectivity index (χ1n) is 6.09. The number of primary amides is 1. The fourth-order valence-electron chi connectivity index (χ4n) is 1.71. The second kappa shape index (κ2) is 7.22. The zero-order valence-corrected chi connectivity index (χ0v) is 12.4. The molecule has 0 spiro atoms. The zero-order chi connectivity index (χ0) is 16.0. The van der Waals surface area contributed by atoms with Crippen LogP contribution >= 0.6 is 0 Å². The van der Waals surface area contributed by atoms with Gasteiger partial charge in [0.1, 0.15) is 6.04 Å². The van der Waals surface area contributed by atoms with Crippen LogP contribution in [0, 0.1) is 0 Å². The van der Waals surface area contributed by atoms with Gasteiger partial charge in [-0.1, -0.05) is 0 Å². The van der Waals surface area contributed by atoms with Crippen LogP contribution in [0.3, 0.4) is 0 Å². The molecule has 21 heavy (non-hydrogen) atoms. The number of hydrogen-bond donors (Lipinski definition) is 3. The third-order valence-electron chi connectivity index (χ3n) is 2.69. The number of anilines is 1. The Balaban J connectivity index is 2.98. The van der Waals surface area contributed by atoms with Crippen LogP contribution in [0.1, 0.15) is 6.92 Å². The van der Waals surface area contributed by atoms with E-state index in [0.29, 0.717) is 22.9 Å². The molecule has 4 N–H and O–H groups in total. The van der Waals surface area contributed by atoms with Gasteiger partial charge in [-0.05, 0) is 6.92 Å². The van der Waals surface area contributed by atoms with Gasteiger partial charge in [0.15, 0.2) is 11.5 Å². The summed E-state index contributed by atoms with van der Waals surface area (Å²) in [5.41, 5.74) is 5.46. The molecule has 8 nitrogen and oxygen atoms in total. The van der Waals surface area contributed by atoms with E-state index >= 15 is 0 Å². The highest BCUT2D eigenvalue weighted by Crippen LogP contribution is 2.40. The van der Waals surface area contributed by atoms with Crippen molar-refractivity contribution in [3.8, 4) is 17.2 Å². The van der Waals surface area contributed by atoms with E-state index in [1.165, 1.54) is 21.3 Å². The molecular weight excluding hydrogens is 278 g/mol. The van der Waals surface area contributed by atoms with E-state index in [-0.39, 0.29) is 0 Å². The quantitative estimate of drug-likeness (QED) is 0.713. The van der Waals surface area contributed by atoms with E-state index in [1.54, 1.807) is 19.1 Å². The minimum Gasteiger partial charge on any atom is -0.493 e. The maximum Gasteiger partial charge on any atom is 0.318 e. The van der Waals surface area contributed by atoms with Gasteiger partial charge in [-0.25, -0.2) is 4.79 Å².